The van der Waals surface area contributed by atoms with Crippen LogP contribution < -0.4 is 11.1 Å². The van der Waals surface area contributed by atoms with Gasteiger partial charge in [0.25, 0.3) is 0 Å². The number of nitrogens with one attached hydrogen (secondary N) is 1. The summed E-state index contributed by atoms with van der Waals surface area (Å²) >= 11 is 7.81. The Labute approximate surface area is 216 Å². The minimum Gasteiger partial charge on any atom is -0.366 e. The summed E-state index contributed by atoms with van der Waals surface area (Å²) in [5.41, 5.74) is 9.97. The Morgan fingerprint density at radius 2 is 1.86 bits per heavy atom. The van der Waals surface area contributed by atoms with Crippen LogP contribution in [0.5, 0.6) is 0 Å². The first-order chi connectivity index (χ1) is 17.2. The second-order valence-electron chi connectivity index (χ2n) is 8.60. The second kappa shape index (κ2) is 9.33. The van der Waals surface area contributed by atoms with Crippen molar-refractivity contribution < 1.29 is 9.59 Å². The zero-order valence-corrected chi connectivity index (χ0v) is 21.4. The Bertz CT molecular complexity index is 1540. The molecular formula is C26H23ClN6O2S. The smallest absolute Gasteiger partial charge is 0.248 e. The van der Waals surface area contributed by atoms with Crippen LogP contribution in [0.15, 0.2) is 53.5 Å². The highest BCUT2D eigenvalue weighted by atomic mass is 35.5. The number of amides is 2. The van der Waals surface area contributed by atoms with E-state index in [9.17, 15) is 9.59 Å². The van der Waals surface area contributed by atoms with Crippen LogP contribution in [0.25, 0.3) is 5.00 Å². The number of hydrogen-bond donors (Lipinski definition) is 2. The topological polar surface area (TPSA) is 115 Å². The number of aliphatic imine (C=N–C) groups is 1. The van der Waals surface area contributed by atoms with Gasteiger partial charge < -0.3 is 11.1 Å². The van der Waals surface area contributed by atoms with Crippen LogP contribution in [0.4, 0.5) is 5.69 Å². The molecule has 3 heterocycles. The van der Waals surface area contributed by atoms with Crippen LogP contribution in [0.3, 0.4) is 0 Å². The fourth-order valence-corrected chi connectivity index (χ4v) is 5.61. The van der Waals surface area contributed by atoms with E-state index in [-0.39, 0.29) is 12.3 Å². The number of primary amides is 1. The van der Waals surface area contributed by atoms with Crippen molar-refractivity contribution in [2.75, 3.05) is 5.32 Å². The summed E-state index contributed by atoms with van der Waals surface area (Å²) in [6, 6.07) is 13.5. The maximum absolute atomic E-state index is 13.1. The molecule has 0 saturated heterocycles. The number of rotatable bonds is 5. The number of hydrogen-bond acceptors (Lipinski definition) is 6. The molecule has 8 nitrogen and oxygen atoms in total. The van der Waals surface area contributed by atoms with Crippen LogP contribution in [-0.4, -0.2) is 32.3 Å². The summed E-state index contributed by atoms with van der Waals surface area (Å²) in [6.45, 7) is 6.05. The van der Waals surface area contributed by atoms with Crippen LogP contribution in [0.2, 0.25) is 5.02 Å². The molecule has 0 aliphatic carbocycles. The maximum atomic E-state index is 13.1. The molecule has 2 aromatic heterocycles. The highest BCUT2D eigenvalue weighted by Gasteiger charge is 2.32. The lowest BCUT2D eigenvalue weighted by molar-refractivity contribution is -0.116. The third kappa shape index (κ3) is 4.31. The first kappa shape index (κ1) is 23.9. The Kier molecular flexibility index (Phi) is 6.19. The van der Waals surface area contributed by atoms with Gasteiger partial charge in [-0.05, 0) is 56.7 Å². The van der Waals surface area contributed by atoms with E-state index in [0.717, 1.165) is 33.2 Å². The average Bonchev–Trinajstić information content (AvgIpc) is 3.32. The van der Waals surface area contributed by atoms with Crippen LogP contribution in [0.1, 0.15) is 56.0 Å². The van der Waals surface area contributed by atoms with Gasteiger partial charge in [-0.3, -0.25) is 19.1 Å². The van der Waals surface area contributed by atoms with Crippen molar-refractivity contribution in [1.82, 2.24) is 14.8 Å². The molecule has 2 aromatic carbocycles. The number of carbonyl (C=O) groups excluding carboxylic acids is 2. The van der Waals surface area contributed by atoms with E-state index in [1.807, 2.05) is 35.8 Å². The van der Waals surface area contributed by atoms with Gasteiger partial charge in [-0.15, -0.1) is 21.5 Å². The quantitative estimate of drug-likeness (QED) is 0.390. The predicted molar refractivity (Wildman–Crippen MR) is 141 cm³/mol. The van der Waals surface area contributed by atoms with E-state index in [2.05, 4.69) is 29.4 Å². The Morgan fingerprint density at radius 1 is 1.11 bits per heavy atom. The van der Waals surface area contributed by atoms with Crippen LogP contribution >= 0.6 is 22.9 Å². The highest BCUT2D eigenvalue weighted by Crippen LogP contribution is 2.39. The van der Waals surface area contributed by atoms with Crippen molar-refractivity contribution in [3.63, 3.8) is 0 Å². The number of carbonyl (C=O) groups is 2. The zero-order valence-electron chi connectivity index (χ0n) is 19.9. The van der Waals surface area contributed by atoms with Gasteiger partial charge in [0, 0.05) is 32.3 Å². The summed E-state index contributed by atoms with van der Waals surface area (Å²) in [6.07, 6.45) is 0.0307. The summed E-state index contributed by atoms with van der Waals surface area (Å²) < 4.78 is 2.00. The van der Waals surface area contributed by atoms with Crippen molar-refractivity contribution in [3.05, 3.63) is 92.3 Å². The Hall–Kier alpha value is -3.82. The summed E-state index contributed by atoms with van der Waals surface area (Å²) in [5, 5.41) is 13.2. The fraction of sp³-hybridized carbons (Fsp3) is 0.192. The van der Waals surface area contributed by atoms with Crippen LogP contribution in [0, 0.1) is 20.8 Å². The van der Waals surface area contributed by atoms with Crippen molar-refractivity contribution in [3.8, 4) is 5.00 Å². The lowest BCUT2D eigenvalue weighted by atomic mass is 9.99. The maximum Gasteiger partial charge on any atom is 0.248 e. The lowest BCUT2D eigenvalue weighted by Crippen LogP contribution is -2.18. The Morgan fingerprint density at radius 3 is 2.58 bits per heavy atom. The molecule has 5 rings (SSSR count). The largest absolute Gasteiger partial charge is 0.366 e. The molecule has 4 aromatic rings. The monoisotopic (exact) mass is 518 g/mol. The van der Waals surface area contributed by atoms with Crippen molar-refractivity contribution in [2.45, 2.75) is 33.2 Å². The summed E-state index contributed by atoms with van der Waals surface area (Å²) in [5.74, 6) is 0.485. The van der Waals surface area contributed by atoms with E-state index in [1.54, 1.807) is 35.6 Å². The van der Waals surface area contributed by atoms with Gasteiger partial charge in [0.1, 0.15) is 16.9 Å². The van der Waals surface area contributed by atoms with E-state index in [0.29, 0.717) is 22.1 Å². The normalized spacial score (nSPS) is 14.4. The van der Waals surface area contributed by atoms with Crippen LogP contribution in [-0.2, 0) is 4.79 Å². The number of aromatic nitrogens is 3. The fourth-order valence-electron chi connectivity index (χ4n) is 4.27. The van der Waals surface area contributed by atoms with Gasteiger partial charge in [-0.2, -0.15) is 0 Å². The van der Waals surface area contributed by atoms with Gasteiger partial charge in [0.05, 0.1) is 12.1 Å². The van der Waals surface area contributed by atoms with Gasteiger partial charge in [0.2, 0.25) is 11.8 Å². The number of anilines is 1. The van der Waals surface area contributed by atoms with Crippen molar-refractivity contribution >= 4 is 46.2 Å². The molecule has 0 radical (unpaired) electrons. The van der Waals surface area contributed by atoms with E-state index < -0.39 is 11.9 Å². The average molecular weight is 519 g/mol. The molecule has 0 bridgehead atoms. The molecule has 1 aliphatic heterocycles. The standard InChI is InChI=1S/C26H23ClN6O2S/c1-13-14(2)36-26-22(13)23(16-7-9-18(27)10-8-16)30-20(25-32-31-15(3)33(25)26)12-21(34)29-19-6-4-5-17(11-19)24(28)35/h4-11,20H,12H2,1-3H3,(H2,28,35)(H,29,34). The highest BCUT2D eigenvalue weighted by molar-refractivity contribution is 7.15. The second-order valence-corrected chi connectivity index (χ2v) is 10.2. The van der Waals surface area contributed by atoms with Gasteiger partial charge >= 0.3 is 0 Å². The van der Waals surface area contributed by atoms with Gasteiger partial charge in [0.15, 0.2) is 5.82 Å². The SMILES string of the molecule is Cc1sc2c(c1C)C(c1ccc(Cl)cc1)=NC(CC(=O)Nc1cccc(C(N)=O)c1)c1nnc(C)n1-2. The number of nitrogens with two attached hydrogens (primary N) is 1. The molecule has 0 spiro atoms. The first-order valence-corrected chi connectivity index (χ1v) is 12.5. The number of fused-ring (bicyclic) bond motifs is 3. The molecule has 0 saturated carbocycles. The zero-order chi connectivity index (χ0) is 25.6. The number of halogens is 1. The summed E-state index contributed by atoms with van der Waals surface area (Å²) in [4.78, 5) is 30.9. The molecule has 2 amide bonds. The minimum atomic E-state index is -0.587. The Balaban J connectivity index is 1.58. The molecule has 3 N–H and O–H groups in total. The third-order valence-corrected chi connectivity index (χ3v) is 7.61. The molecule has 1 aliphatic rings. The number of aryl methyl sites for hydroxylation is 2. The summed E-state index contributed by atoms with van der Waals surface area (Å²) in [7, 11) is 0. The van der Waals surface area contributed by atoms with Crippen molar-refractivity contribution in [2.24, 2.45) is 10.7 Å². The predicted octanol–water partition coefficient (Wildman–Crippen LogP) is 4.93. The van der Waals surface area contributed by atoms with E-state index >= 15 is 0 Å². The van der Waals surface area contributed by atoms with Crippen molar-refractivity contribution in [1.29, 1.82) is 0 Å². The molecular weight excluding hydrogens is 496 g/mol. The molecule has 1 atom stereocenters. The minimum absolute atomic E-state index is 0.0307. The van der Waals surface area contributed by atoms with E-state index in [1.165, 1.54) is 4.88 Å². The number of benzene rings is 2. The molecule has 10 heteroatoms. The molecule has 36 heavy (non-hydrogen) atoms. The first-order valence-electron chi connectivity index (χ1n) is 11.3. The number of nitrogens with zero attached hydrogens (tertiary/aromatic N) is 4. The third-order valence-electron chi connectivity index (χ3n) is 6.17. The van der Waals surface area contributed by atoms with E-state index in [4.69, 9.17) is 22.3 Å². The molecule has 182 valence electrons. The molecule has 0 fully saturated rings. The van der Waals surface area contributed by atoms with Gasteiger partial charge in [-0.1, -0.05) is 29.8 Å². The van der Waals surface area contributed by atoms with Gasteiger partial charge in [-0.25, -0.2) is 0 Å². The number of thiophene rings is 1. The molecule has 1 unspecified atom stereocenters. The lowest BCUT2D eigenvalue weighted by Gasteiger charge is -2.13.